The van der Waals surface area contributed by atoms with Gasteiger partial charge in [0.05, 0.1) is 24.4 Å². The summed E-state index contributed by atoms with van der Waals surface area (Å²) in [6, 6.07) is 4.67. The molecule has 2 aliphatic heterocycles. The molecule has 1 atom stereocenters. The van der Waals surface area contributed by atoms with Crippen LogP contribution in [0.25, 0.3) is 0 Å². The minimum Gasteiger partial charge on any atom is -0.493 e. The Hall–Kier alpha value is -3.00. The summed E-state index contributed by atoms with van der Waals surface area (Å²) in [4.78, 5) is 31.8. The number of allylic oxidation sites excluding steroid dienone is 1. The molecule has 0 radical (unpaired) electrons. The minimum atomic E-state index is -0.669. The summed E-state index contributed by atoms with van der Waals surface area (Å²) in [6.45, 7) is 9.38. The van der Waals surface area contributed by atoms with Crippen LogP contribution in [0.5, 0.6) is 11.5 Å². The van der Waals surface area contributed by atoms with E-state index >= 15 is 0 Å². The number of hydrogen-bond donors (Lipinski definition) is 0. The Balaban J connectivity index is 2.10. The number of benzene rings is 1. The van der Waals surface area contributed by atoms with Gasteiger partial charge in [0.25, 0.3) is 0 Å². The number of aliphatic imine (C=N–C) groups is 1. The van der Waals surface area contributed by atoms with E-state index in [0.717, 1.165) is 0 Å². The number of nitrogens with zero attached hydrogens (tertiary/aromatic N) is 2. The number of carbonyl (C=O) groups excluding carboxylic acids is 2. The summed E-state index contributed by atoms with van der Waals surface area (Å²) in [6.07, 6.45) is 3.50. The number of amidine groups is 1. The fraction of sp³-hybridized carbons (Fsp3) is 0.318. The zero-order valence-electron chi connectivity index (χ0n) is 17.1. The van der Waals surface area contributed by atoms with E-state index in [2.05, 4.69) is 18.2 Å². The van der Waals surface area contributed by atoms with Gasteiger partial charge in [-0.25, -0.2) is 9.79 Å². The third-order valence-corrected chi connectivity index (χ3v) is 5.57. The van der Waals surface area contributed by atoms with Crippen molar-refractivity contribution in [1.29, 1.82) is 0 Å². The van der Waals surface area contributed by atoms with Crippen LogP contribution in [-0.2, 0) is 14.3 Å². The Kier molecular flexibility index (Phi) is 6.99. The number of hydrogen-bond acceptors (Lipinski definition) is 7. The third kappa shape index (κ3) is 4.28. The van der Waals surface area contributed by atoms with Gasteiger partial charge in [0, 0.05) is 12.2 Å². The molecule has 3 rings (SSSR count). The van der Waals surface area contributed by atoms with E-state index in [1.54, 1.807) is 30.0 Å². The first kappa shape index (κ1) is 21.7. The second-order valence-corrected chi connectivity index (χ2v) is 7.62. The molecule has 30 heavy (non-hydrogen) atoms. The maximum absolute atomic E-state index is 12.9. The van der Waals surface area contributed by atoms with Crippen molar-refractivity contribution in [1.82, 2.24) is 4.90 Å². The van der Waals surface area contributed by atoms with Gasteiger partial charge in [-0.15, -0.1) is 0 Å². The molecule has 1 fully saturated rings. The standard InChI is InChI=1S/C22H24N2O5S/c1-5-10-28-16-8-7-15(13-17(16)27-4)20-19(21(26)29-11-6-2)14(3)23-22-24(20)18(25)9-12-30-22/h5-8,13,20H,1-2,9-12H2,3-4H3. The molecule has 0 N–H and O–H groups in total. The fourth-order valence-corrected chi connectivity index (χ4v) is 4.31. The SMILES string of the molecule is C=CCOC(=O)C1=C(C)N=C2SCCC(=O)N2C1c1ccc(OCC=C)c(OC)c1. The van der Waals surface area contributed by atoms with Gasteiger partial charge in [-0.05, 0) is 24.6 Å². The number of methoxy groups -OCH3 is 1. The van der Waals surface area contributed by atoms with Crippen LogP contribution in [0.4, 0.5) is 0 Å². The van der Waals surface area contributed by atoms with E-state index in [-0.39, 0.29) is 12.5 Å². The van der Waals surface area contributed by atoms with Gasteiger partial charge in [-0.3, -0.25) is 9.69 Å². The van der Waals surface area contributed by atoms with Crippen LogP contribution in [0, 0.1) is 0 Å². The molecule has 0 aromatic heterocycles. The molecule has 0 aliphatic carbocycles. The smallest absolute Gasteiger partial charge is 0.338 e. The van der Waals surface area contributed by atoms with E-state index in [4.69, 9.17) is 14.2 Å². The summed E-state index contributed by atoms with van der Waals surface area (Å²) in [5, 5.41) is 0.583. The van der Waals surface area contributed by atoms with E-state index in [1.165, 1.54) is 24.9 Å². The Morgan fingerprint density at radius 1 is 1.30 bits per heavy atom. The van der Waals surface area contributed by atoms with Crippen LogP contribution < -0.4 is 9.47 Å². The Labute approximate surface area is 180 Å². The van der Waals surface area contributed by atoms with Crippen molar-refractivity contribution in [3.8, 4) is 11.5 Å². The average Bonchev–Trinajstić information content (AvgIpc) is 2.75. The summed E-state index contributed by atoms with van der Waals surface area (Å²) in [5.74, 6) is 1.07. The van der Waals surface area contributed by atoms with Gasteiger partial charge < -0.3 is 14.2 Å². The molecule has 1 amide bonds. The minimum absolute atomic E-state index is 0.0687. The molecule has 1 aromatic carbocycles. The zero-order chi connectivity index (χ0) is 21.7. The first-order valence-electron chi connectivity index (χ1n) is 9.45. The van der Waals surface area contributed by atoms with Gasteiger partial charge >= 0.3 is 5.97 Å². The van der Waals surface area contributed by atoms with Crippen molar-refractivity contribution in [2.75, 3.05) is 26.1 Å². The molecule has 0 bridgehead atoms. The highest BCUT2D eigenvalue weighted by molar-refractivity contribution is 8.14. The zero-order valence-corrected chi connectivity index (χ0v) is 17.9. The van der Waals surface area contributed by atoms with Gasteiger partial charge in [0.15, 0.2) is 16.7 Å². The maximum Gasteiger partial charge on any atom is 0.338 e. The first-order chi connectivity index (χ1) is 14.5. The quantitative estimate of drug-likeness (QED) is 0.465. The normalized spacial score (nSPS) is 18.3. The maximum atomic E-state index is 12.9. The molecule has 2 aliphatic rings. The number of amides is 1. The summed E-state index contributed by atoms with van der Waals surface area (Å²) < 4.78 is 16.4. The highest BCUT2D eigenvalue weighted by Crippen LogP contribution is 2.42. The third-order valence-electron chi connectivity index (χ3n) is 4.62. The predicted molar refractivity (Wildman–Crippen MR) is 117 cm³/mol. The lowest BCUT2D eigenvalue weighted by Gasteiger charge is -2.39. The van der Waals surface area contributed by atoms with Crippen molar-refractivity contribution in [3.63, 3.8) is 0 Å². The first-order valence-corrected chi connectivity index (χ1v) is 10.4. The van der Waals surface area contributed by atoms with E-state index in [1.807, 2.05) is 6.07 Å². The van der Waals surface area contributed by atoms with Gasteiger partial charge in [-0.2, -0.15) is 0 Å². The second-order valence-electron chi connectivity index (χ2n) is 6.56. The van der Waals surface area contributed by atoms with E-state index in [9.17, 15) is 9.59 Å². The van der Waals surface area contributed by atoms with Crippen molar-refractivity contribution >= 4 is 28.8 Å². The summed E-state index contributed by atoms with van der Waals surface area (Å²) >= 11 is 1.49. The fourth-order valence-electron chi connectivity index (χ4n) is 3.31. The molecule has 8 heteroatoms. The monoisotopic (exact) mass is 428 g/mol. The number of esters is 1. The molecule has 7 nitrogen and oxygen atoms in total. The average molecular weight is 429 g/mol. The highest BCUT2D eigenvalue weighted by atomic mass is 32.2. The predicted octanol–water partition coefficient (Wildman–Crippen LogP) is 3.64. The lowest BCUT2D eigenvalue weighted by molar-refractivity contribution is -0.139. The summed E-state index contributed by atoms with van der Waals surface area (Å²) in [7, 11) is 1.54. The number of thioether (sulfide) groups is 1. The van der Waals surface area contributed by atoms with E-state index < -0.39 is 12.0 Å². The number of rotatable bonds is 8. The Morgan fingerprint density at radius 3 is 2.77 bits per heavy atom. The molecule has 2 heterocycles. The van der Waals surface area contributed by atoms with E-state index in [0.29, 0.717) is 52.3 Å². The lowest BCUT2D eigenvalue weighted by Crippen LogP contribution is -2.45. The van der Waals surface area contributed by atoms with Crippen LogP contribution in [0.2, 0.25) is 0 Å². The number of fused-ring (bicyclic) bond motifs is 1. The van der Waals surface area contributed by atoms with Gasteiger partial charge in [0.2, 0.25) is 5.91 Å². The van der Waals surface area contributed by atoms with Crippen LogP contribution in [-0.4, -0.2) is 48.0 Å². The molecular formula is C22H24N2O5S. The largest absolute Gasteiger partial charge is 0.493 e. The van der Waals surface area contributed by atoms with Gasteiger partial charge in [-0.1, -0.05) is 43.1 Å². The number of carbonyl (C=O) groups is 2. The highest BCUT2D eigenvalue weighted by Gasteiger charge is 2.41. The van der Waals surface area contributed by atoms with Crippen LogP contribution >= 0.6 is 11.8 Å². The molecule has 1 aromatic rings. The van der Waals surface area contributed by atoms with Crippen molar-refractivity contribution in [3.05, 3.63) is 60.3 Å². The van der Waals surface area contributed by atoms with Crippen LogP contribution in [0.1, 0.15) is 24.9 Å². The molecular weight excluding hydrogens is 404 g/mol. The van der Waals surface area contributed by atoms with Crippen molar-refractivity contribution in [2.24, 2.45) is 4.99 Å². The topological polar surface area (TPSA) is 77.4 Å². The molecule has 0 spiro atoms. The van der Waals surface area contributed by atoms with Gasteiger partial charge in [0.1, 0.15) is 13.2 Å². The van der Waals surface area contributed by atoms with Crippen LogP contribution in [0.3, 0.4) is 0 Å². The van der Waals surface area contributed by atoms with Crippen LogP contribution in [0.15, 0.2) is 59.8 Å². The molecule has 1 unspecified atom stereocenters. The Bertz CT molecular complexity index is 937. The molecule has 1 saturated heterocycles. The molecule has 0 saturated carbocycles. The molecule has 158 valence electrons. The van der Waals surface area contributed by atoms with Crippen molar-refractivity contribution < 1.29 is 23.8 Å². The summed E-state index contributed by atoms with van der Waals surface area (Å²) in [5.41, 5.74) is 1.54. The second kappa shape index (κ2) is 9.67. The number of ether oxygens (including phenoxy) is 3. The van der Waals surface area contributed by atoms with Crippen molar-refractivity contribution in [2.45, 2.75) is 19.4 Å². The Morgan fingerprint density at radius 2 is 2.07 bits per heavy atom. The lowest BCUT2D eigenvalue weighted by atomic mass is 9.94.